The van der Waals surface area contributed by atoms with Crippen molar-refractivity contribution in [1.82, 2.24) is 9.88 Å². The van der Waals surface area contributed by atoms with Crippen LogP contribution in [0, 0.1) is 18.3 Å². The van der Waals surface area contributed by atoms with Crippen LogP contribution in [0.25, 0.3) is 12.2 Å². The van der Waals surface area contributed by atoms with E-state index >= 15 is 0 Å². The first-order chi connectivity index (χ1) is 16.6. The second kappa shape index (κ2) is 10.6. The minimum Gasteiger partial charge on any atom is -0.497 e. The van der Waals surface area contributed by atoms with Crippen LogP contribution in [-0.2, 0) is 4.79 Å². The first kappa shape index (κ1) is 22.9. The highest BCUT2D eigenvalue weighted by Crippen LogP contribution is 2.25. The molecule has 174 valence electrons. The normalized spacial score (nSPS) is 13.7. The van der Waals surface area contributed by atoms with E-state index < -0.39 is 0 Å². The lowest BCUT2D eigenvalue weighted by molar-refractivity contribution is -0.133. The van der Waals surface area contributed by atoms with Gasteiger partial charge in [0.25, 0.3) is 5.91 Å². The Hall–Kier alpha value is -4.25. The van der Waals surface area contributed by atoms with Gasteiger partial charge in [-0.25, -0.2) is 0 Å². The van der Waals surface area contributed by atoms with Crippen LogP contribution < -0.4 is 14.4 Å². The smallest absolute Gasteiger partial charge is 0.260 e. The summed E-state index contributed by atoms with van der Waals surface area (Å²) in [7, 11) is 1.62. The Morgan fingerprint density at radius 2 is 1.88 bits per heavy atom. The number of hydrogen-bond acceptors (Lipinski definition) is 7. The van der Waals surface area contributed by atoms with Gasteiger partial charge in [0, 0.05) is 32.3 Å². The summed E-state index contributed by atoms with van der Waals surface area (Å²) in [6.07, 6.45) is 3.57. The van der Waals surface area contributed by atoms with E-state index in [1.807, 2.05) is 66.4 Å². The number of amides is 1. The topological polar surface area (TPSA) is 91.8 Å². The highest BCUT2D eigenvalue weighted by atomic mass is 16.5. The van der Waals surface area contributed by atoms with Gasteiger partial charge in [0.05, 0.1) is 7.11 Å². The largest absolute Gasteiger partial charge is 0.497 e. The SMILES string of the molecule is COc1cccc(/C=C/c2nc(C#N)c(N3CCN(C(=O)COc4ccc(C)cc4)CC3)o2)c1. The number of aromatic nitrogens is 1. The first-order valence-corrected chi connectivity index (χ1v) is 11.0. The number of anilines is 1. The summed E-state index contributed by atoms with van der Waals surface area (Å²) in [5, 5.41) is 9.53. The predicted molar refractivity (Wildman–Crippen MR) is 129 cm³/mol. The van der Waals surface area contributed by atoms with Crippen LogP contribution in [0.4, 0.5) is 5.88 Å². The number of rotatable bonds is 7. The van der Waals surface area contributed by atoms with Gasteiger partial charge in [-0.05, 0) is 42.8 Å². The predicted octanol–water partition coefficient (Wildman–Crippen LogP) is 3.76. The zero-order valence-corrected chi connectivity index (χ0v) is 19.2. The lowest BCUT2D eigenvalue weighted by atomic mass is 10.2. The van der Waals surface area contributed by atoms with E-state index in [0.29, 0.717) is 43.7 Å². The molecule has 2 heterocycles. The van der Waals surface area contributed by atoms with Crippen molar-refractivity contribution in [2.75, 3.05) is 44.8 Å². The molecule has 1 saturated heterocycles. The van der Waals surface area contributed by atoms with Crippen molar-refractivity contribution in [3.8, 4) is 17.6 Å². The average molecular weight is 459 g/mol. The van der Waals surface area contributed by atoms with Gasteiger partial charge in [0.15, 0.2) is 6.61 Å². The molecule has 1 amide bonds. The fourth-order valence-electron chi connectivity index (χ4n) is 3.63. The fraction of sp³-hybridized carbons (Fsp3) is 0.269. The van der Waals surface area contributed by atoms with Crippen LogP contribution in [-0.4, -0.2) is 55.7 Å². The maximum absolute atomic E-state index is 12.6. The molecule has 1 aliphatic rings. The van der Waals surface area contributed by atoms with Crippen LogP contribution in [0.3, 0.4) is 0 Å². The Kier molecular flexibility index (Phi) is 7.13. The average Bonchev–Trinajstić information content (AvgIpc) is 3.30. The quantitative estimate of drug-likeness (QED) is 0.532. The van der Waals surface area contributed by atoms with E-state index in [-0.39, 0.29) is 18.2 Å². The minimum absolute atomic E-state index is 0.00592. The third-order valence-electron chi connectivity index (χ3n) is 5.55. The van der Waals surface area contributed by atoms with Crippen LogP contribution in [0.2, 0.25) is 0 Å². The van der Waals surface area contributed by atoms with Crippen LogP contribution in [0.5, 0.6) is 11.5 Å². The molecular weight excluding hydrogens is 432 g/mol. The van der Waals surface area contributed by atoms with Crippen molar-refractivity contribution in [1.29, 1.82) is 5.26 Å². The van der Waals surface area contributed by atoms with Crippen LogP contribution in [0.15, 0.2) is 52.9 Å². The van der Waals surface area contributed by atoms with Crippen molar-refractivity contribution in [2.24, 2.45) is 0 Å². The van der Waals surface area contributed by atoms with Crippen molar-refractivity contribution in [3.05, 3.63) is 71.2 Å². The zero-order chi connectivity index (χ0) is 23.9. The summed E-state index contributed by atoms with van der Waals surface area (Å²) in [4.78, 5) is 20.6. The Morgan fingerprint density at radius 1 is 1.12 bits per heavy atom. The number of nitriles is 1. The molecule has 0 saturated carbocycles. The van der Waals surface area contributed by atoms with Crippen molar-refractivity contribution < 1.29 is 18.7 Å². The number of benzene rings is 2. The Labute approximate surface area is 198 Å². The third kappa shape index (κ3) is 5.56. The van der Waals surface area contributed by atoms with Gasteiger partial charge in [-0.1, -0.05) is 29.8 Å². The van der Waals surface area contributed by atoms with Gasteiger partial charge in [0.2, 0.25) is 17.5 Å². The van der Waals surface area contributed by atoms with Gasteiger partial charge in [0.1, 0.15) is 17.6 Å². The van der Waals surface area contributed by atoms with Crippen molar-refractivity contribution >= 4 is 23.9 Å². The Morgan fingerprint density at radius 3 is 2.59 bits per heavy atom. The number of hydrogen-bond donors (Lipinski definition) is 0. The summed E-state index contributed by atoms with van der Waals surface area (Å²) >= 11 is 0. The molecule has 2 aromatic carbocycles. The molecule has 0 bridgehead atoms. The first-order valence-electron chi connectivity index (χ1n) is 11.0. The molecule has 1 aliphatic heterocycles. The Balaban J connectivity index is 1.35. The molecule has 3 aromatic rings. The molecule has 0 N–H and O–H groups in total. The maximum Gasteiger partial charge on any atom is 0.260 e. The maximum atomic E-state index is 12.6. The lowest BCUT2D eigenvalue weighted by Gasteiger charge is -2.34. The molecule has 0 aliphatic carbocycles. The summed E-state index contributed by atoms with van der Waals surface area (Å²) in [5.41, 5.74) is 2.29. The molecule has 4 rings (SSSR count). The number of nitrogens with zero attached hydrogens (tertiary/aromatic N) is 4. The van der Waals surface area contributed by atoms with E-state index in [9.17, 15) is 10.1 Å². The fourth-order valence-corrected chi connectivity index (χ4v) is 3.63. The third-order valence-corrected chi connectivity index (χ3v) is 5.55. The van der Waals surface area contributed by atoms with Gasteiger partial charge >= 0.3 is 0 Å². The van der Waals surface area contributed by atoms with Gasteiger partial charge < -0.3 is 23.7 Å². The number of aryl methyl sites for hydroxylation is 1. The number of methoxy groups -OCH3 is 1. The van der Waals surface area contributed by atoms with E-state index in [1.165, 1.54) is 0 Å². The number of carbonyl (C=O) groups is 1. The molecule has 0 radical (unpaired) electrons. The summed E-state index contributed by atoms with van der Waals surface area (Å²) < 4.78 is 16.7. The van der Waals surface area contributed by atoms with E-state index in [4.69, 9.17) is 13.9 Å². The van der Waals surface area contributed by atoms with Gasteiger partial charge in [-0.3, -0.25) is 4.79 Å². The molecule has 8 heteroatoms. The molecule has 0 spiro atoms. The molecule has 8 nitrogen and oxygen atoms in total. The van der Waals surface area contributed by atoms with E-state index in [0.717, 1.165) is 16.9 Å². The van der Waals surface area contributed by atoms with E-state index in [1.54, 1.807) is 18.1 Å². The molecule has 1 aromatic heterocycles. The monoisotopic (exact) mass is 458 g/mol. The Bertz CT molecular complexity index is 1200. The summed E-state index contributed by atoms with van der Waals surface area (Å²) in [6, 6.07) is 17.3. The van der Waals surface area contributed by atoms with Crippen molar-refractivity contribution in [3.63, 3.8) is 0 Å². The van der Waals surface area contributed by atoms with Gasteiger partial charge in [-0.15, -0.1) is 0 Å². The number of oxazole rings is 1. The van der Waals surface area contributed by atoms with E-state index in [2.05, 4.69) is 11.1 Å². The number of ether oxygens (including phenoxy) is 2. The molecular formula is C26H26N4O4. The molecule has 1 fully saturated rings. The summed E-state index contributed by atoms with van der Waals surface area (Å²) in [6.45, 7) is 4.10. The van der Waals surface area contributed by atoms with Crippen LogP contribution in [0.1, 0.15) is 22.7 Å². The zero-order valence-electron chi connectivity index (χ0n) is 19.2. The molecule has 0 atom stereocenters. The van der Waals surface area contributed by atoms with Crippen LogP contribution >= 0.6 is 0 Å². The standard InChI is InChI=1S/C26H26N4O4/c1-19-6-9-21(10-7-19)33-18-25(31)29-12-14-30(15-13-29)26-23(17-27)28-24(34-26)11-8-20-4-3-5-22(16-20)32-2/h3-11,16H,12-15,18H2,1-2H3/b11-8+. The second-order valence-electron chi connectivity index (χ2n) is 7.90. The number of carbonyl (C=O) groups excluding carboxylic acids is 1. The highest BCUT2D eigenvalue weighted by molar-refractivity contribution is 5.78. The molecule has 34 heavy (non-hydrogen) atoms. The highest BCUT2D eigenvalue weighted by Gasteiger charge is 2.26. The second-order valence-corrected chi connectivity index (χ2v) is 7.90. The van der Waals surface area contributed by atoms with Gasteiger partial charge in [-0.2, -0.15) is 10.2 Å². The summed E-state index contributed by atoms with van der Waals surface area (Å²) in [5.74, 6) is 2.13. The number of piperazine rings is 1. The van der Waals surface area contributed by atoms with Crippen molar-refractivity contribution in [2.45, 2.75) is 6.92 Å². The minimum atomic E-state index is -0.0692. The molecule has 0 unspecified atom stereocenters. The lowest BCUT2D eigenvalue weighted by Crippen LogP contribution is -2.50.